The number of carbonyl (C=O) groups excluding carboxylic acids is 1. The van der Waals surface area contributed by atoms with Crippen LogP contribution in [0.4, 0.5) is 5.69 Å². The number of nitrogens with zero attached hydrogens (tertiary/aromatic N) is 3. The van der Waals surface area contributed by atoms with Crippen LogP contribution in [0.1, 0.15) is 25.3 Å². The first-order valence-corrected chi connectivity index (χ1v) is 11.7. The number of hydrogen-bond acceptors (Lipinski definition) is 7. The van der Waals surface area contributed by atoms with Crippen LogP contribution in [0.25, 0.3) is 11.8 Å². The van der Waals surface area contributed by atoms with Crippen molar-refractivity contribution in [2.75, 3.05) is 38.1 Å². The van der Waals surface area contributed by atoms with Gasteiger partial charge in [0, 0.05) is 31.5 Å². The molecule has 0 aliphatic carbocycles. The highest BCUT2D eigenvalue weighted by Crippen LogP contribution is 2.12. The largest absolute Gasteiger partial charge is 0.395 e. The number of carbonyl (C=O) groups is 1. The smallest absolute Gasteiger partial charge is 0.270 e. The van der Waals surface area contributed by atoms with Crippen molar-refractivity contribution in [3.8, 4) is 6.07 Å². The minimum Gasteiger partial charge on any atom is -0.395 e. The predicted molar refractivity (Wildman–Crippen MR) is 127 cm³/mol. The molecule has 170 valence electrons. The number of aliphatic hydroxyl groups is 1. The Balaban J connectivity index is 1.78. The highest BCUT2D eigenvalue weighted by atomic mass is 32.1. The summed E-state index contributed by atoms with van der Waals surface area (Å²) in [6, 6.07) is 10.0. The van der Waals surface area contributed by atoms with Crippen molar-refractivity contribution in [2.24, 2.45) is 0 Å². The van der Waals surface area contributed by atoms with Gasteiger partial charge in [0.05, 0.1) is 6.61 Å². The van der Waals surface area contributed by atoms with E-state index in [-0.39, 0.29) is 24.3 Å². The van der Waals surface area contributed by atoms with Crippen LogP contribution in [-0.2, 0) is 17.8 Å². The van der Waals surface area contributed by atoms with Crippen LogP contribution in [0.5, 0.6) is 0 Å². The molecule has 0 spiro atoms. The lowest BCUT2D eigenvalue weighted by Crippen LogP contribution is -2.35. The number of rotatable bonds is 9. The van der Waals surface area contributed by atoms with E-state index in [1.165, 1.54) is 36.1 Å². The van der Waals surface area contributed by atoms with Crippen LogP contribution in [0.3, 0.4) is 0 Å². The monoisotopic (exact) mass is 455 g/mol. The lowest BCUT2D eigenvalue weighted by molar-refractivity contribution is -0.115. The average Bonchev–Trinajstić information content (AvgIpc) is 3.44. The topological polar surface area (TPSA) is 110 Å². The molecule has 2 heterocycles. The summed E-state index contributed by atoms with van der Waals surface area (Å²) < 4.78 is 2.12. The molecule has 0 saturated carbocycles. The second-order valence-corrected chi connectivity index (χ2v) is 8.60. The van der Waals surface area contributed by atoms with E-state index in [0.29, 0.717) is 15.7 Å². The molecule has 0 radical (unpaired) electrons. The van der Waals surface area contributed by atoms with Crippen LogP contribution >= 0.6 is 11.3 Å². The van der Waals surface area contributed by atoms with Crippen molar-refractivity contribution in [3.05, 3.63) is 49.4 Å². The number of hydrogen-bond donors (Lipinski definition) is 3. The Labute approximate surface area is 191 Å². The Morgan fingerprint density at radius 2 is 2.00 bits per heavy atom. The number of thiazole rings is 1. The van der Waals surface area contributed by atoms with Crippen molar-refractivity contribution in [2.45, 2.75) is 32.7 Å². The van der Waals surface area contributed by atoms with Gasteiger partial charge in [0.15, 0.2) is 5.57 Å². The van der Waals surface area contributed by atoms with Gasteiger partial charge in [0.1, 0.15) is 15.3 Å². The third-order valence-electron chi connectivity index (χ3n) is 5.41. The van der Waals surface area contributed by atoms with Crippen molar-refractivity contribution in [3.63, 3.8) is 0 Å². The van der Waals surface area contributed by atoms with Gasteiger partial charge in [-0.3, -0.25) is 14.2 Å². The molecule has 0 atom stereocenters. The minimum atomic E-state index is -0.603. The van der Waals surface area contributed by atoms with E-state index in [9.17, 15) is 14.9 Å². The summed E-state index contributed by atoms with van der Waals surface area (Å²) in [5.41, 5.74) is 1.74. The van der Waals surface area contributed by atoms with Gasteiger partial charge in [-0.2, -0.15) is 5.26 Å². The molecule has 0 bridgehead atoms. The molecule has 1 saturated heterocycles. The van der Waals surface area contributed by atoms with Gasteiger partial charge in [-0.15, -0.1) is 11.3 Å². The van der Waals surface area contributed by atoms with Crippen LogP contribution in [0.2, 0.25) is 0 Å². The Kier molecular flexibility index (Phi) is 8.62. The molecule has 1 fully saturated rings. The summed E-state index contributed by atoms with van der Waals surface area (Å²) in [6.45, 7) is 5.41. The molecule has 3 N–H and O–H groups in total. The Morgan fingerprint density at radius 1 is 1.28 bits per heavy atom. The van der Waals surface area contributed by atoms with Gasteiger partial charge in [-0.25, -0.2) is 0 Å². The molecule has 1 aliphatic rings. The maximum absolute atomic E-state index is 12.8. The quantitative estimate of drug-likeness (QED) is 0.498. The summed E-state index contributed by atoms with van der Waals surface area (Å²) in [7, 11) is 0. The fourth-order valence-electron chi connectivity index (χ4n) is 3.66. The lowest BCUT2D eigenvalue weighted by Gasteiger charge is -2.14. The Hall–Kier alpha value is -2.93. The van der Waals surface area contributed by atoms with E-state index in [2.05, 4.69) is 27.7 Å². The Bertz CT molecular complexity index is 1140. The third kappa shape index (κ3) is 5.85. The van der Waals surface area contributed by atoms with Gasteiger partial charge < -0.3 is 20.6 Å². The second-order valence-electron chi connectivity index (χ2n) is 7.57. The Morgan fingerprint density at radius 3 is 2.62 bits per heavy atom. The molecular formula is C23H29N5O3S. The normalized spacial score (nSPS) is 15.5. The number of amides is 1. The second kappa shape index (κ2) is 11.6. The zero-order valence-corrected chi connectivity index (χ0v) is 19.1. The molecule has 1 aromatic carbocycles. The first-order valence-electron chi connectivity index (χ1n) is 10.9. The summed E-state index contributed by atoms with van der Waals surface area (Å²) in [4.78, 5) is 27.5. The van der Waals surface area contributed by atoms with E-state index < -0.39 is 5.91 Å². The highest BCUT2D eigenvalue weighted by molar-refractivity contribution is 7.07. The van der Waals surface area contributed by atoms with Crippen LogP contribution < -0.4 is 25.4 Å². The van der Waals surface area contributed by atoms with Crippen LogP contribution in [0.15, 0.2) is 29.1 Å². The van der Waals surface area contributed by atoms with E-state index in [1.54, 1.807) is 13.1 Å². The van der Waals surface area contributed by atoms with Gasteiger partial charge in [-0.05, 0) is 57.0 Å². The zero-order valence-electron chi connectivity index (χ0n) is 18.3. The molecule has 1 aliphatic heterocycles. The van der Waals surface area contributed by atoms with Crippen LogP contribution in [0, 0.1) is 11.3 Å². The minimum absolute atomic E-state index is 0.0420. The van der Waals surface area contributed by atoms with E-state index in [1.807, 2.05) is 18.2 Å². The van der Waals surface area contributed by atoms with Crippen molar-refractivity contribution in [1.29, 1.82) is 5.26 Å². The van der Waals surface area contributed by atoms with Gasteiger partial charge in [-0.1, -0.05) is 12.1 Å². The lowest BCUT2D eigenvalue weighted by atomic mass is 10.1. The number of benzene rings is 1. The number of nitriles is 1. The highest BCUT2D eigenvalue weighted by Gasteiger charge is 2.15. The van der Waals surface area contributed by atoms with E-state index in [4.69, 9.17) is 5.11 Å². The maximum Gasteiger partial charge on any atom is 0.270 e. The maximum atomic E-state index is 12.8. The molecule has 1 aromatic heterocycles. The SMILES string of the molecule is CCn1c(=C(C#N)C(=O)NCCO)sc(=CNc2ccc(CCN3CCCC3)cc2)c1=O. The molecule has 3 rings (SSSR count). The summed E-state index contributed by atoms with van der Waals surface area (Å²) in [5.74, 6) is -0.603. The first kappa shape index (κ1) is 23.7. The van der Waals surface area contributed by atoms with Crippen molar-refractivity contribution >= 4 is 34.7 Å². The first-order chi connectivity index (χ1) is 15.6. The number of likely N-dealkylation sites (tertiary alicyclic amines) is 1. The molecule has 9 heteroatoms. The third-order valence-corrected chi connectivity index (χ3v) is 6.54. The molecule has 1 amide bonds. The van der Waals surface area contributed by atoms with E-state index >= 15 is 0 Å². The fraction of sp³-hybridized carbons (Fsp3) is 0.435. The number of anilines is 1. The molecule has 32 heavy (non-hydrogen) atoms. The number of aromatic nitrogens is 1. The number of nitrogens with one attached hydrogen (secondary N) is 2. The number of aliphatic hydroxyl groups excluding tert-OH is 1. The van der Waals surface area contributed by atoms with Crippen LogP contribution in [-0.4, -0.2) is 53.3 Å². The van der Waals surface area contributed by atoms with Gasteiger partial charge in [0.25, 0.3) is 11.5 Å². The molecule has 8 nitrogen and oxygen atoms in total. The molecule has 0 unspecified atom stereocenters. The van der Waals surface area contributed by atoms with Crippen molar-refractivity contribution < 1.29 is 9.90 Å². The van der Waals surface area contributed by atoms with Crippen molar-refractivity contribution in [1.82, 2.24) is 14.8 Å². The zero-order chi connectivity index (χ0) is 22.9. The fourth-order valence-corrected chi connectivity index (χ4v) is 4.74. The van der Waals surface area contributed by atoms with Gasteiger partial charge >= 0.3 is 0 Å². The van der Waals surface area contributed by atoms with E-state index in [0.717, 1.165) is 30.0 Å². The standard InChI is InChI=1S/C23H29N5O3S/c1-2-28-22(31)20(32-23(28)19(15-24)21(30)25-10-14-29)16-26-18-7-5-17(6-8-18)9-13-27-11-3-4-12-27/h5-8,16,26,29H,2-4,9-14H2,1H3,(H,25,30). The summed E-state index contributed by atoms with van der Waals surface area (Å²) in [5, 5.41) is 24.0. The summed E-state index contributed by atoms with van der Waals surface area (Å²) >= 11 is 1.09. The molecule has 2 aromatic rings. The average molecular weight is 456 g/mol. The summed E-state index contributed by atoms with van der Waals surface area (Å²) in [6.07, 6.45) is 5.22. The molecular weight excluding hydrogens is 426 g/mol. The van der Waals surface area contributed by atoms with Gasteiger partial charge in [0.2, 0.25) is 0 Å². The predicted octanol–water partition coefficient (Wildman–Crippen LogP) is 0.201.